The van der Waals surface area contributed by atoms with Crippen molar-refractivity contribution >= 4 is 22.8 Å². The summed E-state index contributed by atoms with van der Waals surface area (Å²) >= 11 is 0. The smallest absolute Gasteiger partial charge is 0.328 e. The molecule has 1 fully saturated rings. The van der Waals surface area contributed by atoms with Gasteiger partial charge < -0.3 is 20.1 Å². The number of imide groups is 1. The summed E-state index contributed by atoms with van der Waals surface area (Å²) in [5.41, 5.74) is 2.21. The van der Waals surface area contributed by atoms with E-state index in [2.05, 4.69) is 10.3 Å². The fourth-order valence-corrected chi connectivity index (χ4v) is 5.61. The van der Waals surface area contributed by atoms with Gasteiger partial charge in [-0.1, -0.05) is 18.2 Å². The van der Waals surface area contributed by atoms with Crippen molar-refractivity contribution in [3.8, 4) is 5.75 Å². The highest BCUT2D eigenvalue weighted by molar-refractivity contribution is 6.08. The molecule has 1 aromatic carbocycles. The number of aliphatic hydroxyl groups is 1. The summed E-state index contributed by atoms with van der Waals surface area (Å²) in [4.78, 5) is 33.8. The summed E-state index contributed by atoms with van der Waals surface area (Å²) in [5, 5.41) is 13.9. The lowest BCUT2D eigenvalue weighted by Crippen LogP contribution is -2.53. The van der Waals surface area contributed by atoms with Crippen molar-refractivity contribution in [2.45, 2.75) is 50.3 Å². The second kappa shape index (κ2) is 9.33. The lowest BCUT2D eigenvalue weighted by Gasteiger charge is -2.43. The lowest BCUT2D eigenvalue weighted by molar-refractivity contribution is -0.133. The Kier molecular flexibility index (Phi) is 6.34. The number of benzene rings is 1. The Morgan fingerprint density at radius 2 is 2.14 bits per heavy atom. The molecule has 3 N–H and O–H groups in total. The number of aromatic nitrogens is 1. The Morgan fingerprint density at radius 1 is 1.33 bits per heavy atom. The first kappa shape index (κ1) is 24.5. The van der Waals surface area contributed by atoms with Gasteiger partial charge in [-0.2, -0.15) is 0 Å². The number of urea groups is 1. The van der Waals surface area contributed by atoms with Gasteiger partial charge in [0.05, 0.1) is 19.8 Å². The standard InChI is InChI=1S/C26H30F2N4O4/c1-26-13-19-18-12-17(36-2)7-8-20(18)30-22(19)23(15-5-3-6-16(33)11-15)32(26)25(35)31(24(26)34)10-4-9-29-14-21(27)28/h3,5,7-8,11-12,16,21,23,29-30,33H,4,6,9-10,13-14H2,1-2H3/t16?,23-,26+/m1/s1. The number of hydrogen-bond acceptors (Lipinski definition) is 5. The number of H-pyrrole nitrogens is 1. The molecule has 1 saturated heterocycles. The Bertz CT molecular complexity index is 1260. The summed E-state index contributed by atoms with van der Waals surface area (Å²) in [7, 11) is 1.60. The average molecular weight is 501 g/mol. The van der Waals surface area contributed by atoms with E-state index < -0.39 is 36.7 Å². The minimum absolute atomic E-state index is 0.132. The lowest BCUT2D eigenvalue weighted by atomic mass is 9.80. The van der Waals surface area contributed by atoms with Gasteiger partial charge in [-0.3, -0.25) is 14.6 Å². The number of nitrogens with zero attached hydrogens (tertiary/aromatic N) is 2. The minimum Gasteiger partial charge on any atom is -0.497 e. The SMILES string of the molecule is COc1ccc2[nH]c3c(c2c1)C[C@@]1(C)C(=O)N(CCCNCC(F)F)C(=O)N1[C@@H]3C1=CC(O)CC=C1. The molecule has 10 heteroatoms. The van der Waals surface area contributed by atoms with Gasteiger partial charge in [-0.25, -0.2) is 13.6 Å². The molecule has 8 nitrogen and oxygen atoms in total. The van der Waals surface area contributed by atoms with Crippen molar-refractivity contribution in [3.05, 3.63) is 53.3 Å². The van der Waals surface area contributed by atoms with E-state index in [1.54, 1.807) is 25.0 Å². The van der Waals surface area contributed by atoms with Crippen LogP contribution in [0.1, 0.15) is 37.1 Å². The van der Waals surface area contributed by atoms with Gasteiger partial charge in [0.25, 0.3) is 12.3 Å². The van der Waals surface area contributed by atoms with E-state index in [1.807, 2.05) is 30.4 Å². The summed E-state index contributed by atoms with van der Waals surface area (Å²) < 4.78 is 30.3. The number of halogens is 2. The van der Waals surface area contributed by atoms with Gasteiger partial charge in [0.2, 0.25) is 0 Å². The fourth-order valence-electron chi connectivity index (χ4n) is 5.61. The zero-order valence-electron chi connectivity index (χ0n) is 20.3. The average Bonchev–Trinajstić information content (AvgIpc) is 3.29. The maximum atomic E-state index is 13.7. The number of nitrogens with one attached hydrogen (secondary N) is 2. The second-order valence-electron chi connectivity index (χ2n) is 9.71. The third kappa shape index (κ3) is 3.98. The summed E-state index contributed by atoms with van der Waals surface area (Å²) in [6.45, 7) is 1.75. The molecule has 1 aromatic heterocycles. The van der Waals surface area contributed by atoms with Gasteiger partial charge in [0, 0.05) is 29.6 Å². The molecule has 3 aliphatic rings. The van der Waals surface area contributed by atoms with Crippen molar-refractivity contribution in [2.75, 3.05) is 26.7 Å². The number of aromatic amines is 1. The second-order valence-corrected chi connectivity index (χ2v) is 9.71. The third-order valence-corrected chi connectivity index (χ3v) is 7.30. The van der Waals surface area contributed by atoms with Crippen molar-refractivity contribution in [3.63, 3.8) is 0 Å². The zero-order valence-corrected chi connectivity index (χ0v) is 20.3. The Hall–Kier alpha value is -3.24. The molecule has 192 valence electrons. The van der Waals surface area contributed by atoms with E-state index in [-0.39, 0.29) is 19.0 Å². The Morgan fingerprint density at radius 3 is 2.86 bits per heavy atom. The first-order valence-corrected chi connectivity index (χ1v) is 12.1. The van der Waals surface area contributed by atoms with Crippen LogP contribution in [0, 0.1) is 0 Å². The van der Waals surface area contributed by atoms with Crippen LogP contribution >= 0.6 is 0 Å². The van der Waals surface area contributed by atoms with Crippen molar-refractivity contribution in [2.24, 2.45) is 0 Å². The quantitative estimate of drug-likeness (QED) is 0.382. The largest absolute Gasteiger partial charge is 0.497 e. The van der Waals surface area contributed by atoms with Gasteiger partial charge >= 0.3 is 6.03 Å². The topological polar surface area (TPSA) is 97.9 Å². The maximum absolute atomic E-state index is 13.7. The first-order valence-electron chi connectivity index (χ1n) is 12.1. The molecule has 3 heterocycles. The maximum Gasteiger partial charge on any atom is 0.328 e. The molecule has 0 spiro atoms. The van der Waals surface area contributed by atoms with Crippen LogP contribution in [0.2, 0.25) is 0 Å². The number of rotatable bonds is 8. The molecule has 0 saturated carbocycles. The molecule has 3 amide bonds. The van der Waals surface area contributed by atoms with E-state index in [4.69, 9.17) is 4.74 Å². The number of alkyl halides is 2. The highest BCUT2D eigenvalue weighted by atomic mass is 19.3. The highest BCUT2D eigenvalue weighted by Gasteiger charge is 2.60. The fraction of sp³-hybridized carbons (Fsp3) is 0.462. The Labute approximate surface area is 207 Å². The van der Waals surface area contributed by atoms with Crippen LogP contribution in [0.3, 0.4) is 0 Å². The summed E-state index contributed by atoms with van der Waals surface area (Å²) in [6, 6.07) is 4.68. The predicted molar refractivity (Wildman–Crippen MR) is 130 cm³/mol. The molecule has 5 rings (SSSR count). The van der Waals surface area contributed by atoms with Gasteiger partial charge in [0.15, 0.2) is 0 Å². The van der Waals surface area contributed by atoms with Crippen LogP contribution in [0.25, 0.3) is 10.9 Å². The van der Waals surface area contributed by atoms with Crippen LogP contribution in [0.4, 0.5) is 13.6 Å². The minimum atomic E-state index is -2.46. The normalized spacial score (nSPS) is 25.6. The van der Waals surface area contributed by atoms with Gasteiger partial charge in [-0.05, 0) is 55.6 Å². The van der Waals surface area contributed by atoms with E-state index in [0.717, 1.165) is 27.7 Å². The number of carbonyl (C=O) groups excluding carboxylic acids is 2. The number of amides is 3. The van der Waals surface area contributed by atoms with Crippen LogP contribution in [0.5, 0.6) is 5.75 Å². The molecule has 1 aliphatic carbocycles. The molecule has 1 unspecified atom stereocenters. The van der Waals surface area contributed by atoms with E-state index >= 15 is 0 Å². The summed E-state index contributed by atoms with van der Waals surface area (Å²) in [5.74, 6) is 0.377. The number of ether oxygens (including phenoxy) is 1. The number of hydrogen-bond donors (Lipinski definition) is 3. The molecule has 3 atom stereocenters. The van der Waals surface area contributed by atoms with E-state index in [9.17, 15) is 23.5 Å². The Balaban J connectivity index is 1.55. The van der Waals surface area contributed by atoms with Crippen molar-refractivity contribution in [1.29, 1.82) is 0 Å². The highest BCUT2D eigenvalue weighted by Crippen LogP contribution is 2.49. The molecular weight excluding hydrogens is 470 g/mol. The molecule has 2 aromatic rings. The molecule has 2 aliphatic heterocycles. The van der Waals surface area contributed by atoms with E-state index in [0.29, 0.717) is 25.0 Å². The third-order valence-electron chi connectivity index (χ3n) is 7.30. The number of aliphatic hydroxyl groups excluding tert-OH is 1. The zero-order chi connectivity index (χ0) is 25.6. The molecule has 36 heavy (non-hydrogen) atoms. The molecular formula is C26H30F2N4O4. The number of fused-ring (bicyclic) bond motifs is 4. The molecule has 0 bridgehead atoms. The van der Waals surface area contributed by atoms with Gasteiger partial charge in [-0.15, -0.1) is 0 Å². The van der Waals surface area contributed by atoms with E-state index in [1.165, 1.54) is 4.90 Å². The predicted octanol–water partition coefficient (Wildman–Crippen LogP) is 3.29. The van der Waals surface area contributed by atoms with Gasteiger partial charge in [0.1, 0.15) is 17.3 Å². The monoisotopic (exact) mass is 500 g/mol. The first-order chi connectivity index (χ1) is 17.2. The number of methoxy groups -OCH3 is 1. The van der Waals surface area contributed by atoms with Crippen LogP contribution in [-0.2, 0) is 11.2 Å². The van der Waals surface area contributed by atoms with Crippen LogP contribution in [-0.4, -0.2) is 76.6 Å². The van der Waals surface area contributed by atoms with Crippen molar-refractivity contribution < 1.29 is 28.2 Å². The van der Waals surface area contributed by atoms with Crippen LogP contribution in [0.15, 0.2) is 42.0 Å². The number of carbonyl (C=O) groups is 2. The van der Waals surface area contributed by atoms with Crippen molar-refractivity contribution in [1.82, 2.24) is 20.1 Å². The summed E-state index contributed by atoms with van der Waals surface area (Å²) in [6.07, 6.45) is 3.53. The van der Waals surface area contributed by atoms with Crippen LogP contribution < -0.4 is 10.1 Å². The molecule has 0 radical (unpaired) electrons.